The quantitative estimate of drug-likeness (QED) is 0.773. The van der Waals surface area contributed by atoms with Gasteiger partial charge in [0, 0.05) is 12.0 Å². The molecular formula is C10H10FNO2. The number of rotatable bonds is 2. The largest absolute Gasteiger partial charge is 0.392 e. The molecule has 1 aromatic rings. The van der Waals surface area contributed by atoms with Crippen molar-refractivity contribution in [2.75, 3.05) is 6.61 Å². The molecule has 0 saturated heterocycles. The van der Waals surface area contributed by atoms with Gasteiger partial charge in [0.2, 0.25) is 0 Å². The molecule has 0 bridgehead atoms. The zero-order valence-corrected chi connectivity index (χ0v) is 7.48. The van der Waals surface area contributed by atoms with Crippen LogP contribution in [0.1, 0.15) is 12.0 Å². The minimum atomic E-state index is -0.294. The van der Waals surface area contributed by atoms with E-state index in [2.05, 4.69) is 5.16 Å². The van der Waals surface area contributed by atoms with Gasteiger partial charge < -0.3 is 9.94 Å². The SMILES string of the molecule is OCC1CC(c2cccc(F)c2)=NO1. The Morgan fingerprint density at radius 1 is 1.57 bits per heavy atom. The Kier molecular flexibility index (Phi) is 2.45. The van der Waals surface area contributed by atoms with Crippen molar-refractivity contribution < 1.29 is 14.3 Å². The van der Waals surface area contributed by atoms with Crippen molar-refractivity contribution >= 4 is 5.71 Å². The van der Waals surface area contributed by atoms with Crippen LogP contribution >= 0.6 is 0 Å². The molecule has 1 aromatic carbocycles. The molecule has 1 atom stereocenters. The Balaban J connectivity index is 2.17. The lowest BCUT2D eigenvalue weighted by Gasteiger charge is -2.01. The van der Waals surface area contributed by atoms with Crippen LogP contribution in [-0.4, -0.2) is 23.5 Å². The smallest absolute Gasteiger partial charge is 0.156 e. The lowest BCUT2D eigenvalue weighted by molar-refractivity contribution is 0.0390. The highest BCUT2D eigenvalue weighted by atomic mass is 19.1. The maximum atomic E-state index is 12.9. The molecule has 1 aliphatic rings. The van der Waals surface area contributed by atoms with Crippen molar-refractivity contribution in [2.24, 2.45) is 5.16 Å². The van der Waals surface area contributed by atoms with Crippen LogP contribution in [0.15, 0.2) is 29.4 Å². The molecule has 4 heteroatoms. The zero-order chi connectivity index (χ0) is 9.97. The molecule has 1 aliphatic heterocycles. The van der Waals surface area contributed by atoms with Gasteiger partial charge in [0.1, 0.15) is 5.82 Å². The van der Waals surface area contributed by atoms with Crippen molar-refractivity contribution in [1.29, 1.82) is 0 Å². The van der Waals surface area contributed by atoms with E-state index in [9.17, 15) is 4.39 Å². The van der Waals surface area contributed by atoms with Crippen LogP contribution in [0.5, 0.6) is 0 Å². The lowest BCUT2D eigenvalue weighted by atomic mass is 10.1. The van der Waals surface area contributed by atoms with Gasteiger partial charge in [-0.15, -0.1) is 0 Å². The van der Waals surface area contributed by atoms with E-state index < -0.39 is 0 Å². The minimum absolute atomic E-state index is 0.0671. The molecule has 0 fully saturated rings. The van der Waals surface area contributed by atoms with Gasteiger partial charge in [0.05, 0.1) is 12.3 Å². The average molecular weight is 195 g/mol. The minimum Gasteiger partial charge on any atom is -0.392 e. The van der Waals surface area contributed by atoms with Crippen molar-refractivity contribution in [3.63, 3.8) is 0 Å². The molecular weight excluding hydrogens is 185 g/mol. The van der Waals surface area contributed by atoms with Gasteiger partial charge in [-0.1, -0.05) is 17.3 Å². The maximum absolute atomic E-state index is 12.9. The Bertz CT molecular complexity index is 365. The second-order valence-electron chi connectivity index (χ2n) is 3.16. The first-order valence-electron chi connectivity index (χ1n) is 4.39. The number of aliphatic hydroxyl groups is 1. The predicted molar refractivity (Wildman–Crippen MR) is 49.5 cm³/mol. The summed E-state index contributed by atoms with van der Waals surface area (Å²) in [5, 5.41) is 12.6. The van der Waals surface area contributed by atoms with E-state index in [4.69, 9.17) is 9.94 Å². The van der Waals surface area contributed by atoms with Gasteiger partial charge in [-0.25, -0.2) is 4.39 Å². The Morgan fingerprint density at radius 3 is 3.07 bits per heavy atom. The van der Waals surface area contributed by atoms with Crippen LogP contribution in [0.3, 0.4) is 0 Å². The standard InChI is InChI=1S/C10H10FNO2/c11-8-3-1-2-7(4-8)10-5-9(6-13)14-12-10/h1-4,9,13H,5-6H2. The Labute approximate surface area is 80.8 Å². The fraction of sp³-hybridized carbons (Fsp3) is 0.300. The third kappa shape index (κ3) is 1.75. The molecule has 1 unspecified atom stereocenters. The molecule has 0 saturated carbocycles. The highest BCUT2D eigenvalue weighted by Crippen LogP contribution is 2.16. The van der Waals surface area contributed by atoms with E-state index in [0.29, 0.717) is 17.7 Å². The van der Waals surface area contributed by atoms with Crippen LogP contribution in [0, 0.1) is 5.82 Å². The van der Waals surface area contributed by atoms with E-state index in [0.717, 1.165) is 0 Å². The van der Waals surface area contributed by atoms with Crippen LogP contribution in [0.25, 0.3) is 0 Å². The second-order valence-corrected chi connectivity index (χ2v) is 3.16. The summed E-state index contributed by atoms with van der Waals surface area (Å²) in [6.07, 6.45) is 0.244. The van der Waals surface area contributed by atoms with Gasteiger partial charge in [0.25, 0.3) is 0 Å². The predicted octanol–water partition coefficient (Wildman–Crippen LogP) is 1.31. The molecule has 0 amide bonds. The summed E-state index contributed by atoms with van der Waals surface area (Å²) in [5.41, 5.74) is 1.39. The topological polar surface area (TPSA) is 41.8 Å². The second kappa shape index (κ2) is 3.75. The number of hydrogen-bond donors (Lipinski definition) is 1. The highest BCUT2D eigenvalue weighted by Gasteiger charge is 2.21. The number of hydrogen-bond acceptors (Lipinski definition) is 3. The molecule has 74 valence electrons. The Morgan fingerprint density at radius 2 is 2.43 bits per heavy atom. The van der Waals surface area contributed by atoms with Gasteiger partial charge in [-0.2, -0.15) is 0 Å². The summed E-state index contributed by atoms with van der Waals surface area (Å²) in [4.78, 5) is 4.92. The average Bonchev–Trinajstić information content (AvgIpc) is 2.66. The van der Waals surface area contributed by atoms with E-state index in [1.165, 1.54) is 12.1 Å². The summed E-state index contributed by atoms with van der Waals surface area (Å²) >= 11 is 0. The van der Waals surface area contributed by atoms with Crippen molar-refractivity contribution in [3.05, 3.63) is 35.6 Å². The van der Waals surface area contributed by atoms with E-state index in [-0.39, 0.29) is 18.5 Å². The summed E-state index contributed by atoms with van der Waals surface area (Å²) in [6, 6.07) is 6.18. The van der Waals surface area contributed by atoms with Crippen LogP contribution < -0.4 is 0 Å². The molecule has 3 nitrogen and oxygen atoms in total. The molecule has 1 heterocycles. The van der Waals surface area contributed by atoms with Crippen molar-refractivity contribution in [3.8, 4) is 0 Å². The fourth-order valence-corrected chi connectivity index (χ4v) is 1.36. The van der Waals surface area contributed by atoms with Crippen LogP contribution in [-0.2, 0) is 4.84 Å². The number of aliphatic hydroxyl groups excluding tert-OH is 1. The summed E-state index contributed by atoms with van der Waals surface area (Å²) in [6.45, 7) is -0.0671. The third-order valence-corrected chi connectivity index (χ3v) is 2.09. The van der Waals surface area contributed by atoms with Crippen molar-refractivity contribution in [1.82, 2.24) is 0 Å². The first-order valence-corrected chi connectivity index (χ1v) is 4.39. The first-order chi connectivity index (χ1) is 6.79. The van der Waals surface area contributed by atoms with E-state index >= 15 is 0 Å². The number of halogens is 1. The first kappa shape index (κ1) is 9.15. The van der Waals surface area contributed by atoms with E-state index in [1.54, 1.807) is 12.1 Å². The molecule has 14 heavy (non-hydrogen) atoms. The molecule has 1 N–H and O–H groups in total. The van der Waals surface area contributed by atoms with E-state index in [1.807, 2.05) is 0 Å². The Hall–Kier alpha value is -1.42. The van der Waals surface area contributed by atoms with Crippen LogP contribution in [0.2, 0.25) is 0 Å². The molecule has 0 spiro atoms. The van der Waals surface area contributed by atoms with Gasteiger partial charge in [-0.05, 0) is 12.1 Å². The summed E-state index contributed by atoms with van der Waals surface area (Å²) in [5.74, 6) is -0.294. The monoisotopic (exact) mass is 195 g/mol. The van der Waals surface area contributed by atoms with Gasteiger partial charge in [-0.3, -0.25) is 0 Å². The van der Waals surface area contributed by atoms with Crippen LogP contribution in [0.4, 0.5) is 4.39 Å². The fourth-order valence-electron chi connectivity index (χ4n) is 1.36. The normalized spacial score (nSPS) is 20.4. The number of oxime groups is 1. The summed E-state index contributed by atoms with van der Waals surface area (Å²) < 4.78 is 12.9. The third-order valence-electron chi connectivity index (χ3n) is 2.09. The molecule has 2 rings (SSSR count). The molecule has 0 aromatic heterocycles. The molecule has 0 radical (unpaired) electrons. The highest BCUT2D eigenvalue weighted by molar-refractivity contribution is 6.01. The summed E-state index contributed by atoms with van der Waals surface area (Å²) in [7, 11) is 0. The number of nitrogens with zero attached hydrogens (tertiary/aromatic N) is 1. The zero-order valence-electron chi connectivity index (χ0n) is 7.48. The van der Waals surface area contributed by atoms with Gasteiger partial charge in [0.15, 0.2) is 6.10 Å². The van der Waals surface area contributed by atoms with Gasteiger partial charge >= 0.3 is 0 Å². The number of benzene rings is 1. The molecule has 0 aliphatic carbocycles. The van der Waals surface area contributed by atoms with Crippen molar-refractivity contribution in [2.45, 2.75) is 12.5 Å². The lowest BCUT2D eigenvalue weighted by Crippen LogP contribution is -2.12. The maximum Gasteiger partial charge on any atom is 0.156 e.